The minimum Gasteiger partial charge on any atom is -0.396 e. The van der Waals surface area contributed by atoms with E-state index in [9.17, 15) is 4.79 Å². The molecule has 1 fully saturated rings. The lowest BCUT2D eigenvalue weighted by Gasteiger charge is -2.26. The molecule has 7 heteroatoms. The number of anilines is 2. The molecule has 1 aliphatic rings. The molecule has 1 aromatic heterocycles. The van der Waals surface area contributed by atoms with Crippen LogP contribution in [0, 0.1) is 11.3 Å². The molecule has 0 spiro atoms. The van der Waals surface area contributed by atoms with Gasteiger partial charge >= 0.3 is 0 Å². The lowest BCUT2D eigenvalue weighted by molar-refractivity contribution is 0.0378. The van der Waals surface area contributed by atoms with Crippen molar-refractivity contribution in [2.24, 2.45) is 0 Å². The fourth-order valence-electron chi connectivity index (χ4n) is 2.27. The van der Waals surface area contributed by atoms with E-state index in [1.807, 2.05) is 0 Å². The number of morpholine rings is 1. The summed E-state index contributed by atoms with van der Waals surface area (Å²) in [4.78, 5) is 14.3. The highest BCUT2D eigenvalue weighted by molar-refractivity contribution is 7.18. The number of nitrogens with zero attached hydrogens (tertiary/aromatic N) is 2. The van der Waals surface area contributed by atoms with Gasteiger partial charge in [-0.25, -0.2) is 0 Å². The van der Waals surface area contributed by atoms with Crippen molar-refractivity contribution >= 4 is 27.8 Å². The molecule has 1 aliphatic heterocycles. The maximum Gasteiger partial charge on any atom is 0.171 e. The van der Waals surface area contributed by atoms with E-state index < -0.39 is 0 Å². The van der Waals surface area contributed by atoms with Crippen LogP contribution in [-0.2, 0) is 4.74 Å². The molecule has 2 heterocycles. The number of ether oxygens (including phenoxy) is 1. The van der Waals surface area contributed by atoms with Gasteiger partial charge in [-0.3, -0.25) is 9.69 Å². The molecule has 0 amide bonds. The van der Waals surface area contributed by atoms with Crippen LogP contribution >= 0.6 is 11.3 Å². The molecular formula is C14H20N4O2S. The van der Waals surface area contributed by atoms with Gasteiger partial charge in [0.2, 0.25) is 0 Å². The van der Waals surface area contributed by atoms with E-state index >= 15 is 0 Å². The van der Waals surface area contributed by atoms with E-state index in [1.165, 1.54) is 18.3 Å². The summed E-state index contributed by atoms with van der Waals surface area (Å²) in [5.74, 6) is -0.102. The Morgan fingerprint density at radius 2 is 2.24 bits per heavy atom. The molecule has 6 nitrogen and oxygen atoms in total. The van der Waals surface area contributed by atoms with Gasteiger partial charge in [0.1, 0.15) is 16.6 Å². The Morgan fingerprint density at radius 3 is 2.86 bits per heavy atom. The molecule has 0 unspecified atom stereocenters. The molecule has 0 saturated carbocycles. The van der Waals surface area contributed by atoms with E-state index in [0.29, 0.717) is 21.1 Å². The van der Waals surface area contributed by atoms with Gasteiger partial charge in [-0.2, -0.15) is 5.26 Å². The number of nitriles is 1. The van der Waals surface area contributed by atoms with Crippen molar-refractivity contribution in [3.05, 3.63) is 10.4 Å². The van der Waals surface area contributed by atoms with Gasteiger partial charge in [0, 0.05) is 26.6 Å². The van der Waals surface area contributed by atoms with E-state index in [-0.39, 0.29) is 5.78 Å². The smallest absolute Gasteiger partial charge is 0.171 e. The van der Waals surface area contributed by atoms with Crippen LogP contribution in [0.25, 0.3) is 0 Å². The van der Waals surface area contributed by atoms with Crippen LogP contribution in [0.4, 0.5) is 10.7 Å². The predicted molar refractivity (Wildman–Crippen MR) is 83.8 cm³/mol. The number of rotatable bonds is 6. The lowest BCUT2D eigenvalue weighted by atomic mass is 10.2. The average Bonchev–Trinajstić information content (AvgIpc) is 2.81. The molecule has 1 saturated heterocycles. The molecule has 0 radical (unpaired) electrons. The van der Waals surface area contributed by atoms with Crippen LogP contribution in [0.2, 0.25) is 0 Å². The first-order chi connectivity index (χ1) is 10.1. The number of hydrogen-bond donors (Lipinski definition) is 2. The molecule has 0 atom stereocenters. The number of Topliss-reactive ketones (excluding diaryl/α,β-unsaturated/α-hetero) is 1. The summed E-state index contributed by atoms with van der Waals surface area (Å²) in [6.07, 6.45) is 0.970. The Morgan fingerprint density at radius 1 is 1.52 bits per heavy atom. The summed E-state index contributed by atoms with van der Waals surface area (Å²) in [6, 6.07) is 2.07. The van der Waals surface area contributed by atoms with E-state index in [2.05, 4.69) is 16.3 Å². The molecule has 0 bridgehead atoms. The van der Waals surface area contributed by atoms with Crippen LogP contribution in [-0.4, -0.2) is 50.1 Å². The third kappa shape index (κ3) is 3.94. The van der Waals surface area contributed by atoms with E-state index in [1.54, 1.807) is 0 Å². The zero-order chi connectivity index (χ0) is 15.2. The fraction of sp³-hybridized carbons (Fsp3) is 0.571. The first-order valence-corrected chi connectivity index (χ1v) is 7.82. The van der Waals surface area contributed by atoms with Gasteiger partial charge < -0.3 is 15.8 Å². The standard InChI is InChI=1S/C14H20N4O2S/c1-10(19)13-12(16)11(9-15)14(21-13)17-3-2-4-18-5-7-20-8-6-18/h17H,2-8,16H2,1H3. The lowest BCUT2D eigenvalue weighted by Crippen LogP contribution is -2.37. The number of carbonyl (C=O) groups excluding carboxylic acids is 1. The Kier molecular flexibility index (Phi) is 5.56. The highest BCUT2D eigenvalue weighted by atomic mass is 32.1. The maximum absolute atomic E-state index is 11.5. The SMILES string of the molecule is CC(=O)c1sc(NCCCN2CCOCC2)c(C#N)c1N. The fourth-order valence-corrected chi connectivity index (χ4v) is 3.26. The summed E-state index contributed by atoms with van der Waals surface area (Å²) in [7, 11) is 0. The van der Waals surface area contributed by atoms with Crippen LogP contribution in [0.15, 0.2) is 0 Å². The summed E-state index contributed by atoms with van der Waals surface area (Å²) in [6.45, 7) is 6.77. The number of nitrogens with two attached hydrogens (primary N) is 1. The predicted octanol–water partition coefficient (Wildman–Crippen LogP) is 1.54. The molecule has 114 valence electrons. The van der Waals surface area contributed by atoms with Crippen LogP contribution in [0.3, 0.4) is 0 Å². The van der Waals surface area contributed by atoms with Crippen molar-refractivity contribution in [1.29, 1.82) is 5.26 Å². The highest BCUT2D eigenvalue weighted by Crippen LogP contribution is 2.35. The van der Waals surface area contributed by atoms with Gasteiger partial charge in [-0.1, -0.05) is 0 Å². The van der Waals surface area contributed by atoms with Gasteiger partial charge in [0.15, 0.2) is 5.78 Å². The second kappa shape index (κ2) is 7.41. The molecule has 2 rings (SSSR count). The van der Waals surface area contributed by atoms with E-state index in [4.69, 9.17) is 15.7 Å². The van der Waals surface area contributed by atoms with Crippen molar-refractivity contribution in [2.45, 2.75) is 13.3 Å². The molecular weight excluding hydrogens is 288 g/mol. The van der Waals surface area contributed by atoms with Crippen LogP contribution < -0.4 is 11.1 Å². The number of carbonyl (C=O) groups is 1. The highest BCUT2D eigenvalue weighted by Gasteiger charge is 2.18. The molecule has 3 N–H and O–H groups in total. The van der Waals surface area contributed by atoms with Crippen molar-refractivity contribution in [2.75, 3.05) is 50.4 Å². The zero-order valence-corrected chi connectivity index (χ0v) is 13.0. The third-order valence-corrected chi connectivity index (χ3v) is 4.68. The minimum atomic E-state index is -0.102. The zero-order valence-electron chi connectivity index (χ0n) is 12.1. The van der Waals surface area contributed by atoms with Crippen molar-refractivity contribution in [1.82, 2.24) is 4.90 Å². The van der Waals surface area contributed by atoms with Crippen LogP contribution in [0.1, 0.15) is 28.6 Å². The number of nitrogen functional groups attached to an aromatic ring is 1. The van der Waals surface area contributed by atoms with Gasteiger partial charge in [0.25, 0.3) is 0 Å². The van der Waals surface area contributed by atoms with Crippen LogP contribution in [0.5, 0.6) is 0 Å². The second-order valence-electron chi connectivity index (χ2n) is 4.95. The van der Waals surface area contributed by atoms with Crippen molar-refractivity contribution < 1.29 is 9.53 Å². The van der Waals surface area contributed by atoms with Crippen molar-refractivity contribution in [3.63, 3.8) is 0 Å². The molecule has 0 aliphatic carbocycles. The summed E-state index contributed by atoms with van der Waals surface area (Å²) >= 11 is 1.26. The van der Waals surface area contributed by atoms with E-state index in [0.717, 1.165) is 45.8 Å². The maximum atomic E-state index is 11.5. The quantitative estimate of drug-likeness (QED) is 0.612. The summed E-state index contributed by atoms with van der Waals surface area (Å²) < 4.78 is 5.31. The Bertz CT molecular complexity index is 544. The number of thiophene rings is 1. The first-order valence-electron chi connectivity index (χ1n) is 7.00. The normalized spacial score (nSPS) is 15.6. The minimum absolute atomic E-state index is 0.102. The molecule has 1 aromatic rings. The first kappa shape index (κ1) is 15.8. The number of ketones is 1. The van der Waals surface area contributed by atoms with Gasteiger partial charge in [0.05, 0.1) is 23.8 Å². The van der Waals surface area contributed by atoms with Gasteiger partial charge in [-0.05, 0) is 13.0 Å². The molecule has 0 aromatic carbocycles. The molecule has 21 heavy (non-hydrogen) atoms. The Hall–Kier alpha value is -1.62. The average molecular weight is 308 g/mol. The summed E-state index contributed by atoms with van der Waals surface area (Å²) in [5.41, 5.74) is 6.52. The van der Waals surface area contributed by atoms with Gasteiger partial charge in [-0.15, -0.1) is 11.3 Å². The Balaban J connectivity index is 1.86. The number of nitrogens with one attached hydrogen (secondary N) is 1. The van der Waals surface area contributed by atoms with Crippen molar-refractivity contribution in [3.8, 4) is 6.07 Å². The largest absolute Gasteiger partial charge is 0.396 e. The Labute approximate surface area is 128 Å². The second-order valence-corrected chi connectivity index (χ2v) is 5.97. The third-order valence-electron chi connectivity index (χ3n) is 3.42. The number of hydrogen-bond acceptors (Lipinski definition) is 7. The summed E-state index contributed by atoms with van der Waals surface area (Å²) in [5, 5.41) is 13.1. The monoisotopic (exact) mass is 308 g/mol. The topological polar surface area (TPSA) is 91.4 Å².